The first-order valence-corrected chi connectivity index (χ1v) is 6.83. The number of methoxy groups -OCH3 is 1. The standard InChI is InChI=1S/C14H14ClF2NO3/c1-21-14(20)8-3-2-4-18(7-8)13(19)9-5-12(17)10(15)6-11(9)16/h5-6,8H,2-4,7H2,1H3. The minimum atomic E-state index is -0.883. The molecule has 0 bridgehead atoms. The highest BCUT2D eigenvalue weighted by Gasteiger charge is 2.30. The monoisotopic (exact) mass is 317 g/mol. The number of likely N-dealkylation sites (tertiary alicyclic amines) is 1. The van der Waals surface area contributed by atoms with Gasteiger partial charge in [0.2, 0.25) is 0 Å². The summed E-state index contributed by atoms with van der Waals surface area (Å²) >= 11 is 5.46. The normalized spacial score (nSPS) is 18.5. The summed E-state index contributed by atoms with van der Waals surface area (Å²) in [6.07, 6.45) is 1.21. The molecule has 0 aliphatic carbocycles. The van der Waals surface area contributed by atoms with E-state index in [-0.39, 0.29) is 17.1 Å². The van der Waals surface area contributed by atoms with E-state index in [9.17, 15) is 18.4 Å². The van der Waals surface area contributed by atoms with Gasteiger partial charge in [0.15, 0.2) is 0 Å². The molecular formula is C14H14ClF2NO3. The van der Waals surface area contributed by atoms with Gasteiger partial charge in [-0.1, -0.05) is 11.6 Å². The molecule has 1 heterocycles. The maximum Gasteiger partial charge on any atom is 0.310 e. The summed E-state index contributed by atoms with van der Waals surface area (Å²) < 4.78 is 31.8. The van der Waals surface area contributed by atoms with E-state index in [1.54, 1.807) is 0 Å². The molecule has 2 rings (SSSR count). The summed E-state index contributed by atoms with van der Waals surface area (Å²) in [6.45, 7) is 0.519. The Bertz CT molecular complexity index is 580. The molecule has 0 saturated carbocycles. The fraction of sp³-hybridized carbons (Fsp3) is 0.429. The SMILES string of the molecule is COC(=O)C1CCCN(C(=O)c2cc(F)c(Cl)cc2F)C1. The third kappa shape index (κ3) is 3.32. The zero-order valence-corrected chi connectivity index (χ0v) is 12.1. The van der Waals surface area contributed by atoms with E-state index in [1.165, 1.54) is 12.0 Å². The first kappa shape index (κ1) is 15.7. The highest BCUT2D eigenvalue weighted by Crippen LogP contribution is 2.23. The maximum absolute atomic E-state index is 13.8. The van der Waals surface area contributed by atoms with E-state index in [1.807, 2.05) is 0 Å². The molecule has 1 aliphatic rings. The second-order valence-corrected chi connectivity index (χ2v) is 5.27. The number of piperidine rings is 1. The van der Waals surface area contributed by atoms with Crippen LogP contribution in [0.4, 0.5) is 8.78 Å². The molecule has 1 amide bonds. The number of carbonyl (C=O) groups excluding carboxylic acids is 2. The molecule has 1 fully saturated rings. The van der Waals surface area contributed by atoms with Crippen LogP contribution in [-0.2, 0) is 9.53 Å². The van der Waals surface area contributed by atoms with Crippen molar-refractivity contribution < 1.29 is 23.1 Å². The molecule has 1 aliphatic heterocycles. The van der Waals surface area contributed by atoms with Gasteiger partial charge in [-0.2, -0.15) is 0 Å². The summed E-state index contributed by atoms with van der Waals surface area (Å²) in [5.74, 6) is -3.24. The lowest BCUT2D eigenvalue weighted by Crippen LogP contribution is -2.43. The minimum Gasteiger partial charge on any atom is -0.469 e. The van der Waals surface area contributed by atoms with Crippen molar-refractivity contribution in [3.8, 4) is 0 Å². The van der Waals surface area contributed by atoms with Crippen LogP contribution in [0.15, 0.2) is 12.1 Å². The molecule has 21 heavy (non-hydrogen) atoms. The van der Waals surface area contributed by atoms with Crippen molar-refractivity contribution in [1.82, 2.24) is 4.90 Å². The molecule has 7 heteroatoms. The third-order valence-electron chi connectivity index (χ3n) is 3.48. The van der Waals surface area contributed by atoms with Crippen molar-refractivity contribution in [3.63, 3.8) is 0 Å². The minimum absolute atomic E-state index is 0.134. The summed E-state index contributed by atoms with van der Waals surface area (Å²) in [5, 5.41) is -0.380. The highest BCUT2D eigenvalue weighted by molar-refractivity contribution is 6.30. The van der Waals surface area contributed by atoms with Gasteiger partial charge < -0.3 is 9.64 Å². The lowest BCUT2D eigenvalue weighted by atomic mass is 9.97. The van der Waals surface area contributed by atoms with Gasteiger partial charge in [-0.05, 0) is 25.0 Å². The molecule has 1 aromatic carbocycles. The van der Waals surface area contributed by atoms with Crippen LogP contribution in [0.1, 0.15) is 23.2 Å². The third-order valence-corrected chi connectivity index (χ3v) is 3.77. The fourth-order valence-electron chi connectivity index (χ4n) is 2.38. The number of benzene rings is 1. The Kier molecular flexibility index (Phi) is 4.77. The van der Waals surface area contributed by atoms with Crippen molar-refractivity contribution in [2.45, 2.75) is 12.8 Å². The van der Waals surface area contributed by atoms with Gasteiger partial charge in [-0.15, -0.1) is 0 Å². The van der Waals surface area contributed by atoms with E-state index in [0.29, 0.717) is 19.4 Å². The number of nitrogens with zero attached hydrogens (tertiary/aromatic N) is 1. The molecule has 0 spiro atoms. The average Bonchev–Trinajstić information content (AvgIpc) is 2.49. The van der Waals surface area contributed by atoms with Crippen molar-refractivity contribution in [3.05, 3.63) is 34.4 Å². The van der Waals surface area contributed by atoms with Crippen LogP contribution in [0.2, 0.25) is 5.02 Å². The second-order valence-electron chi connectivity index (χ2n) is 4.86. The molecule has 1 unspecified atom stereocenters. The van der Waals surface area contributed by atoms with Gasteiger partial charge in [0, 0.05) is 13.1 Å². The van der Waals surface area contributed by atoms with Gasteiger partial charge >= 0.3 is 5.97 Å². The van der Waals surface area contributed by atoms with Gasteiger partial charge in [-0.25, -0.2) is 8.78 Å². The Hall–Kier alpha value is -1.69. The maximum atomic E-state index is 13.8. The number of amides is 1. The Morgan fingerprint density at radius 1 is 1.33 bits per heavy atom. The molecule has 4 nitrogen and oxygen atoms in total. The summed E-state index contributed by atoms with van der Waals surface area (Å²) in [6, 6.07) is 1.55. The van der Waals surface area contributed by atoms with Gasteiger partial charge in [0.25, 0.3) is 5.91 Å². The largest absolute Gasteiger partial charge is 0.469 e. The summed E-state index contributed by atoms with van der Waals surface area (Å²) in [5.41, 5.74) is -0.387. The van der Waals surface area contributed by atoms with Gasteiger partial charge in [0.1, 0.15) is 11.6 Å². The van der Waals surface area contributed by atoms with Crippen molar-refractivity contribution in [2.24, 2.45) is 5.92 Å². The van der Waals surface area contributed by atoms with Gasteiger partial charge in [0.05, 0.1) is 23.6 Å². The molecule has 0 N–H and O–H groups in total. The van der Waals surface area contributed by atoms with E-state index in [0.717, 1.165) is 12.1 Å². The van der Waals surface area contributed by atoms with Crippen LogP contribution in [0.5, 0.6) is 0 Å². The van der Waals surface area contributed by atoms with Crippen molar-refractivity contribution >= 4 is 23.5 Å². The summed E-state index contributed by atoms with van der Waals surface area (Å²) in [4.78, 5) is 25.1. The Balaban J connectivity index is 2.20. The predicted octanol–water partition coefficient (Wildman–Crippen LogP) is 2.64. The number of ether oxygens (including phenoxy) is 1. The molecule has 0 radical (unpaired) electrons. The first-order valence-electron chi connectivity index (χ1n) is 6.45. The quantitative estimate of drug-likeness (QED) is 0.622. The zero-order valence-electron chi connectivity index (χ0n) is 11.4. The number of halogens is 3. The topological polar surface area (TPSA) is 46.6 Å². The number of rotatable bonds is 2. The average molecular weight is 318 g/mol. The van der Waals surface area contributed by atoms with Crippen LogP contribution in [-0.4, -0.2) is 37.0 Å². The number of hydrogen-bond acceptors (Lipinski definition) is 3. The molecule has 114 valence electrons. The number of esters is 1. The molecule has 0 aromatic heterocycles. The van der Waals surface area contributed by atoms with Crippen LogP contribution in [0.25, 0.3) is 0 Å². The zero-order chi connectivity index (χ0) is 15.6. The highest BCUT2D eigenvalue weighted by atomic mass is 35.5. The molecule has 1 aromatic rings. The van der Waals surface area contributed by atoms with Gasteiger partial charge in [-0.3, -0.25) is 9.59 Å². The van der Waals surface area contributed by atoms with Crippen LogP contribution >= 0.6 is 11.6 Å². The Morgan fingerprint density at radius 2 is 2.05 bits per heavy atom. The van der Waals surface area contributed by atoms with E-state index >= 15 is 0 Å². The molecule has 1 saturated heterocycles. The first-order chi connectivity index (χ1) is 9.93. The number of carbonyl (C=O) groups is 2. The molecular weight excluding hydrogens is 304 g/mol. The van der Waals surface area contributed by atoms with Crippen LogP contribution in [0.3, 0.4) is 0 Å². The Morgan fingerprint density at radius 3 is 2.71 bits per heavy atom. The van der Waals surface area contributed by atoms with Crippen molar-refractivity contribution in [2.75, 3.05) is 20.2 Å². The Labute approximate surface area is 125 Å². The van der Waals surface area contributed by atoms with Crippen LogP contribution in [0, 0.1) is 17.6 Å². The molecule has 1 atom stereocenters. The number of hydrogen-bond donors (Lipinski definition) is 0. The summed E-state index contributed by atoms with van der Waals surface area (Å²) in [7, 11) is 1.28. The predicted molar refractivity (Wildman–Crippen MR) is 72.0 cm³/mol. The van der Waals surface area contributed by atoms with E-state index in [2.05, 4.69) is 4.74 Å². The van der Waals surface area contributed by atoms with E-state index < -0.39 is 29.4 Å². The fourth-order valence-corrected chi connectivity index (χ4v) is 2.53. The lowest BCUT2D eigenvalue weighted by molar-refractivity contribution is -0.146. The lowest BCUT2D eigenvalue weighted by Gasteiger charge is -2.31. The smallest absolute Gasteiger partial charge is 0.310 e. The van der Waals surface area contributed by atoms with E-state index in [4.69, 9.17) is 11.6 Å². The second kappa shape index (κ2) is 6.39. The van der Waals surface area contributed by atoms with Crippen molar-refractivity contribution in [1.29, 1.82) is 0 Å². The van der Waals surface area contributed by atoms with Crippen LogP contribution < -0.4 is 0 Å².